The predicted octanol–water partition coefficient (Wildman–Crippen LogP) is 4.33. The Bertz CT molecular complexity index is 890. The zero-order valence-electron chi connectivity index (χ0n) is 14.0. The Kier molecular flexibility index (Phi) is 5.58. The van der Waals surface area contributed by atoms with Crippen LogP contribution in [-0.2, 0) is 16.2 Å². The number of sulfonamides is 1. The number of pyridine rings is 1. The molecule has 1 atom stereocenters. The van der Waals surface area contributed by atoms with E-state index in [1.165, 1.54) is 6.07 Å². The Morgan fingerprint density at radius 2 is 1.52 bits per heavy atom. The highest BCUT2D eigenvalue weighted by atomic mass is 32.2. The average Bonchev–Trinajstić information content (AvgIpc) is 2.53. The summed E-state index contributed by atoms with van der Waals surface area (Å²) in [6.07, 6.45) is -8.86. The smallest absolute Gasteiger partial charge is 0.260 e. The quantitative estimate of drug-likeness (QED) is 0.703. The van der Waals surface area contributed by atoms with Crippen molar-refractivity contribution >= 4 is 10.0 Å². The van der Waals surface area contributed by atoms with Gasteiger partial charge in [0.05, 0.1) is 5.56 Å². The van der Waals surface area contributed by atoms with E-state index in [2.05, 4.69) is 4.98 Å². The number of halogens is 6. The first-order valence-electron chi connectivity index (χ1n) is 7.39. The number of aryl methyl sites for hydroxylation is 1. The van der Waals surface area contributed by atoms with Crippen molar-refractivity contribution in [3.05, 3.63) is 59.4 Å². The van der Waals surface area contributed by atoms with Crippen molar-refractivity contribution in [3.8, 4) is 0 Å². The molecule has 0 amide bonds. The van der Waals surface area contributed by atoms with Crippen LogP contribution in [0.5, 0.6) is 0 Å². The highest BCUT2D eigenvalue weighted by Gasteiger charge is 2.48. The van der Waals surface area contributed by atoms with Crippen LogP contribution in [0, 0.1) is 6.92 Å². The van der Waals surface area contributed by atoms with E-state index in [4.69, 9.17) is 0 Å². The van der Waals surface area contributed by atoms with Crippen molar-refractivity contribution in [2.75, 3.05) is 7.05 Å². The van der Waals surface area contributed by atoms with Crippen LogP contribution in [0.2, 0.25) is 0 Å². The van der Waals surface area contributed by atoms with Crippen LogP contribution in [0.25, 0.3) is 0 Å². The van der Waals surface area contributed by atoms with E-state index >= 15 is 0 Å². The normalized spacial score (nSPS) is 14.4. The molecule has 2 aromatic rings. The summed E-state index contributed by atoms with van der Waals surface area (Å²) < 4.78 is 104. The van der Waals surface area contributed by atoms with Gasteiger partial charge in [-0.15, -0.1) is 0 Å². The summed E-state index contributed by atoms with van der Waals surface area (Å²) in [4.78, 5) is 3.29. The van der Waals surface area contributed by atoms with Crippen molar-refractivity contribution in [3.63, 3.8) is 0 Å². The Hall–Kier alpha value is -2.14. The van der Waals surface area contributed by atoms with Gasteiger partial charge in [0.15, 0.2) is 0 Å². The number of rotatable bonds is 4. The molecule has 11 heteroatoms. The lowest BCUT2D eigenvalue weighted by Gasteiger charge is -2.29. The molecule has 0 radical (unpaired) electrons. The Balaban J connectivity index is 2.49. The van der Waals surface area contributed by atoms with Gasteiger partial charge in [-0.1, -0.05) is 12.1 Å². The second kappa shape index (κ2) is 7.12. The number of hydrogen-bond donors (Lipinski definition) is 0. The fraction of sp³-hybridized carbons (Fsp3) is 0.312. The number of hydrogen-bond acceptors (Lipinski definition) is 3. The minimum absolute atomic E-state index is 0.0714. The third kappa shape index (κ3) is 4.59. The molecule has 0 N–H and O–H groups in total. The molecule has 1 aromatic heterocycles. The van der Waals surface area contributed by atoms with Crippen LogP contribution in [0.15, 0.2) is 47.5 Å². The molecule has 0 fully saturated rings. The van der Waals surface area contributed by atoms with E-state index in [9.17, 15) is 34.8 Å². The maximum Gasteiger partial charge on any atom is 0.416 e. The summed E-state index contributed by atoms with van der Waals surface area (Å²) in [5.41, 5.74) is -1.31. The molecule has 4 nitrogen and oxygen atoms in total. The molecule has 0 aliphatic carbocycles. The summed E-state index contributed by atoms with van der Waals surface area (Å²) in [6, 6.07) is 1.94. The fourth-order valence-corrected chi connectivity index (χ4v) is 3.65. The van der Waals surface area contributed by atoms with Gasteiger partial charge in [0.25, 0.3) is 0 Å². The summed E-state index contributed by atoms with van der Waals surface area (Å²) in [5.74, 6) is 0. The van der Waals surface area contributed by atoms with Crippen LogP contribution in [-0.4, -0.2) is 30.9 Å². The summed E-state index contributed by atoms with van der Waals surface area (Å²) >= 11 is 0. The third-order valence-corrected chi connectivity index (χ3v) is 5.59. The summed E-state index contributed by atoms with van der Waals surface area (Å²) in [6.45, 7) is 1.57. The maximum absolute atomic E-state index is 13.6. The third-order valence-electron chi connectivity index (χ3n) is 3.79. The van der Waals surface area contributed by atoms with Gasteiger partial charge in [-0.25, -0.2) is 8.42 Å². The molecule has 0 spiro atoms. The standard InChI is InChI=1S/C16H14F6N2O2S/c1-10-3-8-13(9-23-10)27(25,26)24(2)14(16(20,21)22)11-4-6-12(7-5-11)15(17,18)19/h3-9,14H,1-2H3. The van der Waals surface area contributed by atoms with Crippen LogP contribution in [0.1, 0.15) is 22.9 Å². The first-order valence-corrected chi connectivity index (χ1v) is 8.83. The lowest BCUT2D eigenvalue weighted by molar-refractivity contribution is -0.171. The number of benzene rings is 1. The second-order valence-corrected chi connectivity index (χ2v) is 7.72. The van der Waals surface area contributed by atoms with Crippen LogP contribution in [0.4, 0.5) is 26.3 Å². The van der Waals surface area contributed by atoms with E-state index in [0.29, 0.717) is 37.0 Å². The van der Waals surface area contributed by atoms with Gasteiger partial charge < -0.3 is 0 Å². The lowest BCUT2D eigenvalue weighted by atomic mass is 10.0. The van der Waals surface area contributed by atoms with Gasteiger partial charge in [-0.05, 0) is 36.8 Å². The highest BCUT2D eigenvalue weighted by molar-refractivity contribution is 7.89. The Morgan fingerprint density at radius 1 is 0.963 bits per heavy atom. The van der Waals surface area contributed by atoms with Crippen molar-refractivity contribution < 1.29 is 34.8 Å². The highest BCUT2D eigenvalue weighted by Crippen LogP contribution is 2.40. The summed E-state index contributed by atoms with van der Waals surface area (Å²) in [5, 5.41) is 0. The number of alkyl halides is 6. The molecule has 1 unspecified atom stereocenters. The van der Waals surface area contributed by atoms with Crippen molar-refractivity contribution in [2.45, 2.75) is 30.2 Å². The zero-order chi connectivity index (χ0) is 20.6. The lowest BCUT2D eigenvalue weighted by Crippen LogP contribution is -2.39. The molecule has 0 saturated carbocycles. The first kappa shape index (κ1) is 21.2. The van der Waals surface area contributed by atoms with Crippen molar-refractivity contribution in [1.29, 1.82) is 0 Å². The molecule has 0 aliphatic heterocycles. The average molecular weight is 412 g/mol. The van der Waals surface area contributed by atoms with Crippen LogP contribution >= 0.6 is 0 Å². The van der Waals surface area contributed by atoms with Gasteiger partial charge in [0, 0.05) is 18.9 Å². The molecular formula is C16H14F6N2O2S. The van der Waals surface area contributed by atoms with E-state index in [0.717, 1.165) is 12.3 Å². The molecule has 2 rings (SSSR count). The molecule has 1 aromatic carbocycles. The molecule has 148 valence electrons. The fourth-order valence-electron chi connectivity index (χ4n) is 2.37. The SMILES string of the molecule is Cc1ccc(S(=O)(=O)N(C)C(c2ccc(C(F)(F)F)cc2)C(F)(F)F)cn1. The molecule has 27 heavy (non-hydrogen) atoms. The zero-order valence-corrected chi connectivity index (χ0v) is 14.8. The van der Waals surface area contributed by atoms with Gasteiger partial charge in [-0.2, -0.15) is 30.6 Å². The molecule has 0 aliphatic rings. The Labute approximate surface area is 151 Å². The first-order chi connectivity index (χ1) is 12.2. The molecule has 0 saturated heterocycles. The van der Waals surface area contributed by atoms with E-state index < -0.39 is 44.4 Å². The molecular weight excluding hydrogens is 398 g/mol. The molecule has 0 bridgehead atoms. The number of nitrogens with zero attached hydrogens (tertiary/aromatic N) is 2. The van der Waals surface area contributed by atoms with Crippen LogP contribution < -0.4 is 0 Å². The van der Waals surface area contributed by atoms with Gasteiger partial charge in [0.1, 0.15) is 10.9 Å². The topological polar surface area (TPSA) is 50.3 Å². The van der Waals surface area contributed by atoms with Gasteiger partial charge in [0.2, 0.25) is 10.0 Å². The largest absolute Gasteiger partial charge is 0.416 e. The number of aromatic nitrogens is 1. The summed E-state index contributed by atoms with van der Waals surface area (Å²) in [7, 11) is -3.88. The van der Waals surface area contributed by atoms with Crippen LogP contribution in [0.3, 0.4) is 0 Å². The van der Waals surface area contributed by atoms with E-state index in [-0.39, 0.29) is 4.31 Å². The molecule has 1 heterocycles. The van der Waals surface area contributed by atoms with E-state index in [1.54, 1.807) is 6.92 Å². The maximum atomic E-state index is 13.6. The van der Waals surface area contributed by atoms with Gasteiger partial charge >= 0.3 is 12.4 Å². The minimum atomic E-state index is -5.06. The minimum Gasteiger partial charge on any atom is -0.260 e. The van der Waals surface area contributed by atoms with Gasteiger partial charge in [-0.3, -0.25) is 4.98 Å². The monoisotopic (exact) mass is 412 g/mol. The Morgan fingerprint density at radius 3 is 1.93 bits per heavy atom. The van der Waals surface area contributed by atoms with Crippen molar-refractivity contribution in [2.24, 2.45) is 0 Å². The van der Waals surface area contributed by atoms with Crippen molar-refractivity contribution in [1.82, 2.24) is 9.29 Å². The predicted molar refractivity (Wildman–Crippen MR) is 84.2 cm³/mol. The van der Waals surface area contributed by atoms with E-state index in [1.807, 2.05) is 0 Å². The second-order valence-electron chi connectivity index (χ2n) is 5.72.